The molecule has 0 saturated carbocycles. The van der Waals surface area contributed by atoms with Gasteiger partial charge in [0.05, 0.1) is 11.5 Å². The van der Waals surface area contributed by atoms with Gasteiger partial charge in [-0.1, -0.05) is 6.07 Å². The molecule has 0 spiro atoms. The lowest BCUT2D eigenvalue weighted by atomic mass is 9.86. The van der Waals surface area contributed by atoms with Gasteiger partial charge < -0.3 is 0 Å². The SMILES string of the molecule is Cc1cc(F)ccc1CC(C)(C)C#N. The highest BCUT2D eigenvalue weighted by molar-refractivity contribution is 5.28. The van der Waals surface area contributed by atoms with Crippen LogP contribution in [0.25, 0.3) is 0 Å². The van der Waals surface area contributed by atoms with Crippen molar-refractivity contribution in [3.05, 3.63) is 35.1 Å². The Morgan fingerprint density at radius 2 is 2.07 bits per heavy atom. The number of hydrogen-bond acceptors (Lipinski definition) is 1. The standard InChI is InChI=1S/C12H14FN/c1-9-6-11(13)5-4-10(9)7-12(2,3)8-14/h4-6H,7H2,1-3H3. The highest BCUT2D eigenvalue weighted by Crippen LogP contribution is 2.23. The second kappa shape index (κ2) is 3.79. The van der Waals surface area contributed by atoms with Crippen molar-refractivity contribution in [2.24, 2.45) is 5.41 Å². The summed E-state index contributed by atoms with van der Waals surface area (Å²) in [4.78, 5) is 0. The summed E-state index contributed by atoms with van der Waals surface area (Å²) in [7, 11) is 0. The van der Waals surface area contributed by atoms with Crippen molar-refractivity contribution >= 4 is 0 Å². The van der Waals surface area contributed by atoms with Gasteiger partial charge in [-0.3, -0.25) is 0 Å². The van der Waals surface area contributed by atoms with E-state index in [0.29, 0.717) is 6.42 Å². The van der Waals surface area contributed by atoms with Crippen molar-refractivity contribution in [2.75, 3.05) is 0 Å². The first-order valence-electron chi connectivity index (χ1n) is 4.61. The summed E-state index contributed by atoms with van der Waals surface area (Å²) < 4.78 is 12.8. The minimum atomic E-state index is -0.386. The molecule has 0 aliphatic heterocycles. The van der Waals surface area contributed by atoms with E-state index in [0.717, 1.165) is 11.1 Å². The van der Waals surface area contributed by atoms with E-state index in [9.17, 15) is 4.39 Å². The average Bonchev–Trinajstić information content (AvgIpc) is 2.10. The summed E-state index contributed by atoms with van der Waals surface area (Å²) >= 11 is 0. The molecule has 0 saturated heterocycles. The van der Waals surface area contributed by atoms with Gasteiger partial charge in [-0.15, -0.1) is 0 Å². The fourth-order valence-electron chi connectivity index (χ4n) is 1.37. The van der Waals surface area contributed by atoms with Gasteiger partial charge in [0, 0.05) is 0 Å². The summed E-state index contributed by atoms with van der Waals surface area (Å²) in [6.07, 6.45) is 0.662. The molecule has 2 heteroatoms. The zero-order valence-corrected chi connectivity index (χ0v) is 8.76. The zero-order valence-electron chi connectivity index (χ0n) is 8.76. The molecule has 14 heavy (non-hydrogen) atoms. The molecular weight excluding hydrogens is 177 g/mol. The Morgan fingerprint density at radius 1 is 1.43 bits per heavy atom. The third-order valence-electron chi connectivity index (χ3n) is 2.24. The van der Waals surface area contributed by atoms with Crippen LogP contribution in [0.3, 0.4) is 0 Å². The Kier molecular flexibility index (Phi) is 2.90. The Balaban J connectivity index is 2.94. The molecule has 0 fully saturated rings. The van der Waals surface area contributed by atoms with Crippen molar-refractivity contribution in [3.63, 3.8) is 0 Å². The second-order valence-corrected chi connectivity index (χ2v) is 4.24. The van der Waals surface area contributed by atoms with Crippen LogP contribution in [0.15, 0.2) is 18.2 Å². The maximum Gasteiger partial charge on any atom is 0.123 e. The maximum atomic E-state index is 12.8. The van der Waals surface area contributed by atoms with E-state index in [1.165, 1.54) is 12.1 Å². The van der Waals surface area contributed by atoms with Crippen molar-refractivity contribution in [1.82, 2.24) is 0 Å². The molecule has 0 amide bonds. The lowest BCUT2D eigenvalue weighted by Gasteiger charge is -2.16. The second-order valence-electron chi connectivity index (χ2n) is 4.24. The summed E-state index contributed by atoms with van der Waals surface area (Å²) in [6.45, 7) is 5.64. The van der Waals surface area contributed by atoms with Crippen LogP contribution in [0, 0.1) is 29.5 Å². The molecule has 0 radical (unpaired) electrons. The fraction of sp³-hybridized carbons (Fsp3) is 0.417. The van der Waals surface area contributed by atoms with E-state index in [1.807, 2.05) is 20.8 Å². The molecule has 0 atom stereocenters. The number of rotatable bonds is 2. The molecule has 0 aliphatic carbocycles. The maximum absolute atomic E-state index is 12.8. The summed E-state index contributed by atoms with van der Waals surface area (Å²) in [5.74, 6) is -0.221. The number of nitrogens with zero attached hydrogens (tertiary/aromatic N) is 1. The normalized spacial score (nSPS) is 11.1. The highest BCUT2D eigenvalue weighted by Gasteiger charge is 2.18. The number of benzene rings is 1. The molecule has 74 valence electrons. The lowest BCUT2D eigenvalue weighted by molar-refractivity contribution is 0.491. The van der Waals surface area contributed by atoms with E-state index in [-0.39, 0.29) is 11.2 Å². The Hall–Kier alpha value is -1.36. The molecular formula is C12H14FN. The smallest absolute Gasteiger partial charge is 0.123 e. The molecule has 0 bridgehead atoms. The monoisotopic (exact) mass is 191 g/mol. The quantitative estimate of drug-likeness (QED) is 0.704. The van der Waals surface area contributed by atoms with Crippen LogP contribution in [0.2, 0.25) is 0 Å². The van der Waals surface area contributed by atoms with E-state index in [1.54, 1.807) is 6.07 Å². The third kappa shape index (κ3) is 2.56. The third-order valence-corrected chi connectivity index (χ3v) is 2.24. The van der Waals surface area contributed by atoms with Gasteiger partial charge in [-0.05, 0) is 50.5 Å². The summed E-state index contributed by atoms with van der Waals surface area (Å²) in [6, 6.07) is 6.93. The van der Waals surface area contributed by atoms with E-state index >= 15 is 0 Å². The van der Waals surface area contributed by atoms with E-state index in [4.69, 9.17) is 5.26 Å². The Morgan fingerprint density at radius 3 is 2.57 bits per heavy atom. The van der Waals surface area contributed by atoms with Gasteiger partial charge in [0.2, 0.25) is 0 Å². The molecule has 1 aromatic rings. The first kappa shape index (κ1) is 10.7. The fourth-order valence-corrected chi connectivity index (χ4v) is 1.37. The largest absolute Gasteiger partial charge is 0.207 e. The van der Waals surface area contributed by atoms with E-state index in [2.05, 4.69) is 6.07 Å². The van der Waals surface area contributed by atoms with Crippen molar-refractivity contribution in [3.8, 4) is 6.07 Å². The predicted molar refractivity (Wildman–Crippen MR) is 54.2 cm³/mol. The lowest BCUT2D eigenvalue weighted by Crippen LogP contribution is -2.12. The molecule has 1 nitrogen and oxygen atoms in total. The van der Waals surface area contributed by atoms with Crippen LogP contribution in [-0.4, -0.2) is 0 Å². The zero-order chi connectivity index (χ0) is 10.8. The summed E-state index contributed by atoms with van der Waals surface area (Å²) in [5.41, 5.74) is 1.56. The van der Waals surface area contributed by atoms with Crippen LogP contribution < -0.4 is 0 Å². The molecule has 0 heterocycles. The average molecular weight is 191 g/mol. The van der Waals surface area contributed by atoms with Crippen LogP contribution >= 0.6 is 0 Å². The number of nitriles is 1. The van der Waals surface area contributed by atoms with Gasteiger partial charge >= 0.3 is 0 Å². The van der Waals surface area contributed by atoms with Crippen LogP contribution in [0.5, 0.6) is 0 Å². The molecule has 0 unspecified atom stereocenters. The minimum Gasteiger partial charge on any atom is -0.207 e. The molecule has 1 aromatic carbocycles. The molecule has 1 rings (SSSR count). The van der Waals surface area contributed by atoms with Gasteiger partial charge in [-0.25, -0.2) is 4.39 Å². The highest BCUT2D eigenvalue weighted by atomic mass is 19.1. The number of aryl methyl sites for hydroxylation is 1. The predicted octanol–water partition coefficient (Wildman–Crippen LogP) is 3.23. The molecule has 0 aliphatic rings. The van der Waals surface area contributed by atoms with Crippen LogP contribution in [-0.2, 0) is 6.42 Å². The number of hydrogen-bond donors (Lipinski definition) is 0. The van der Waals surface area contributed by atoms with Gasteiger partial charge in [-0.2, -0.15) is 5.26 Å². The van der Waals surface area contributed by atoms with Crippen LogP contribution in [0.4, 0.5) is 4.39 Å². The Bertz CT molecular complexity index is 374. The van der Waals surface area contributed by atoms with Crippen molar-refractivity contribution in [2.45, 2.75) is 27.2 Å². The Labute approximate surface area is 84.2 Å². The van der Waals surface area contributed by atoms with E-state index < -0.39 is 0 Å². The minimum absolute atomic E-state index is 0.221. The molecule has 0 N–H and O–H groups in total. The number of halogens is 1. The summed E-state index contributed by atoms with van der Waals surface area (Å²) in [5, 5.41) is 8.88. The molecule has 0 aromatic heterocycles. The van der Waals surface area contributed by atoms with Gasteiger partial charge in [0.15, 0.2) is 0 Å². The van der Waals surface area contributed by atoms with Crippen molar-refractivity contribution < 1.29 is 4.39 Å². The van der Waals surface area contributed by atoms with Gasteiger partial charge in [0.25, 0.3) is 0 Å². The first-order valence-corrected chi connectivity index (χ1v) is 4.61. The topological polar surface area (TPSA) is 23.8 Å². The van der Waals surface area contributed by atoms with Crippen LogP contribution in [0.1, 0.15) is 25.0 Å². The van der Waals surface area contributed by atoms with Gasteiger partial charge in [0.1, 0.15) is 5.82 Å². The first-order chi connectivity index (χ1) is 6.44. The van der Waals surface area contributed by atoms with Crippen molar-refractivity contribution in [1.29, 1.82) is 5.26 Å².